The summed E-state index contributed by atoms with van der Waals surface area (Å²) < 4.78 is 2.37. The van der Waals surface area contributed by atoms with Crippen molar-refractivity contribution in [3.05, 3.63) is 27.2 Å². The molecular formula is C7H10N4O3. The van der Waals surface area contributed by atoms with Gasteiger partial charge in [-0.05, 0) is 0 Å². The van der Waals surface area contributed by atoms with Crippen LogP contribution in [0.5, 0.6) is 0 Å². The zero-order valence-corrected chi connectivity index (χ0v) is 7.74. The van der Waals surface area contributed by atoms with E-state index < -0.39 is 0 Å². The minimum atomic E-state index is -0.371. The summed E-state index contributed by atoms with van der Waals surface area (Å²) in [6, 6.07) is 0. The van der Waals surface area contributed by atoms with Crippen molar-refractivity contribution >= 4 is 11.2 Å². The number of nitrogens with zero attached hydrogens (tertiary/aromatic N) is 3. The van der Waals surface area contributed by atoms with E-state index >= 15 is 0 Å². The summed E-state index contributed by atoms with van der Waals surface area (Å²) in [4.78, 5) is 29.4. The van der Waals surface area contributed by atoms with E-state index in [9.17, 15) is 9.59 Å². The Morgan fingerprint density at radius 2 is 1.93 bits per heavy atom. The molecule has 7 heteroatoms. The smallest absolute Gasteiger partial charge is 0.332 e. The van der Waals surface area contributed by atoms with E-state index in [-0.39, 0.29) is 16.7 Å². The molecule has 7 nitrogen and oxygen atoms in total. The van der Waals surface area contributed by atoms with Crippen LogP contribution in [0.3, 0.4) is 0 Å². The molecule has 0 aromatic carbocycles. The topological polar surface area (TPSA) is 104 Å². The second-order valence-corrected chi connectivity index (χ2v) is 2.81. The van der Waals surface area contributed by atoms with Gasteiger partial charge in [0.2, 0.25) is 0 Å². The molecule has 0 aliphatic heterocycles. The summed E-state index contributed by atoms with van der Waals surface area (Å²) >= 11 is 0. The number of hydrogen-bond donors (Lipinski definition) is 1. The lowest BCUT2D eigenvalue weighted by atomic mass is 10.5. The molecule has 2 aromatic rings. The Morgan fingerprint density at radius 1 is 1.29 bits per heavy atom. The highest BCUT2D eigenvalue weighted by atomic mass is 16.2. The van der Waals surface area contributed by atoms with Crippen LogP contribution in [0.2, 0.25) is 0 Å². The van der Waals surface area contributed by atoms with Gasteiger partial charge < -0.3 is 10.5 Å². The lowest BCUT2D eigenvalue weighted by Gasteiger charge is -2.00. The lowest BCUT2D eigenvalue weighted by Crippen LogP contribution is -2.36. The van der Waals surface area contributed by atoms with E-state index in [2.05, 4.69) is 9.97 Å². The maximum atomic E-state index is 11.4. The molecule has 14 heavy (non-hydrogen) atoms. The van der Waals surface area contributed by atoms with Crippen LogP contribution in [0.15, 0.2) is 15.9 Å². The molecule has 0 amide bonds. The number of aryl methyl sites for hydroxylation is 1. The Hall–Kier alpha value is -1.89. The van der Waals surface area contributed by atoms with Crippen molar-refractivity contribution in [2.24, 2.45) is 14.1 Å². The Bertz CT molecular complexity index is 577. The third-order valence-electron chi connectivity index (χ3n) is 2.03. The van der Waals surface area contributed by atoms with Crippen LogP contribution in [0.4, 0.5) is 0 Å². The van der Waals surface area contributed by atoms with E-state index in [1.165, 1.54) is 17.9 Å². The molecule has 0 saturated heterocycles. The molecule has 0 aliphatic carbocycles. The molecule has 3 N–H and O–H groups in total. The minimum Gasteiger partial charge on any atom is -0.412 e. The van der Waals surface area contributed by atoms with Crippen LogP contribution in [0.1, 0.15) is 0 Å². The fourth-order valence-electron chi connectivity index (χ4n) is 1.27. The number of imidazole rings is 1. The Balaban J connectivity index is 0.000000980. The van der Waals surface area contributed by atoms with Crippen molar-refractivity contribution in [1.82, 2.24) is 19.1 Å². The average molecular weight is 198 g/mol. The largest absolute Gasteiger partial charge is 0.412 e. The van der Waals surface area contributed by atoms with Crippen LogP contribution in [-0.4, -0.2) is 24.6 Å². The van der Waals surface area contributed by atoms with Crippen LogP contribution in [0, 0.1) is 0 Å². The first-order valence-corrected chi connectivity index (χ1v) is 3.72. The normalized spacial score (nSPS) is 10.1. The summed E-state index contributed by atoms with van der Waals surface area (Å²) in [6.07, 6.45) is 1.39. The number of aromatic nitrogens is 4. The zero-order valence-electron chi connectivity index (χ0n) is 7.74. The first kappa shape index (κ1) is 10.2. The van der Waals surface area contributed by atoms with Crippen molar-refractivity contribution in [2.75, 3.05) is 0 Å². The van der Waals surface area contributed by atoms with E-state index in [4.69, 9.17) is 0 Å². The highest BCUT2D eigenvalue weighted by molar-refractivity contribution is 5.68. The minimum absolute atomic E-state index is 0. The molecule has 0 radical (unpaired) electrons. The third kappa shape index (κ3) is 1.06. The van der Waals surface area contributed by atoms with Crippen LogP contribution in [-0.2, 0) is 14.1 Å². The number of H-pyrrole nitrogens is 1. The highest BCUT2D eigenvalue weighted by Gasteiger charge is 2.08. The van der Waals surface area contributed by atoms with Gasteiger partial charge in [0.05, 0.1) is 6.33 Å². The second-order valence-electron chi connectivity index (χ2n) is 2.81. The van der Waals surface area contributed by atoms with Gasteiger partial charge in [-0.2, -0.15) is 0 Å². The highest BCUT2D eigenvalue weighted by Crippen LogP contribution is 1.97. The van der Waals surface area contributed by atoms with Gasteiger partial charge in [-0.15, -0.1) is 0 Å². The fraction of sp³-hybridized carbons (Fsp3) is 0.286. The maximum absolute atomic E-state index is 11.4. The molecular weight excluding hydrogens is 188 g/mol. The molecule has 2 aromatic heterocycles. The molecule has 0 unspecified atom stereocenters. The zero-order chi connectivity index (χ0) is 9.59. The molecule has 0 saturated carbocycles. The van der Waals surface area contributed by atoms with Gasteiger partial charge in [-0.3, -0.25) is 13.9 Å². The molecule has 0 atom stereocenters. The standard InChI is InChI=1S/C7H8N4O2.H2O/c1-10-5-4(8-3-9-5)6(12)11(2)7(10)13;/h3H,1-2H3,(H,8,9);1H2. The Labute approximate surface area is 77.9 Å². The van der Waals surface area contributed by atoms with Gasteiger partial charge in [0.25, 0.3) is 5.56 Å². The van der Waals surface area contributed by atoms with Gasteiger partial charge in [-0.1, -0.05) is 0 Å². The molecule has 0 spiro atoms. The third-order valence-corrected chi connectivity index (χ3v) is 2.03. The van der Waals surface area contributed by atoms with Gasteiger partial charge in [0.1, 0.15) is 5.52 Å². The number of rotatable bonds is 0. The first-order valence-electron chi connectivity index (χ1n) is 3.72. The van der Waals surface area contributed by atoms with Gasteiger partial charge in [0.15, 0.2) is 5.65 Å². The average Bonchev–Trinajstić information content (AvgIpc) is 2.59. The van der Waals surface area contributed by atoms with Gasteiger partial charge >= 0.3 is 5.69 Å². The number of fused-ring (bicyclic) bond motifs is 1. The van der Waals surface area contributed by atoms with Crippen molar-refractivity contribution in [1.29, 1.82) is 0 Å². The van der Waals surface area contributed by atoms with E-state index in [1.807, 2.05) is 0 Å². The summed E-state index contributed by atoms with van der Waals surface area (Å²) in [6.45, 7) is 0. The molecule has 76 valence electrons. The van der Waals surface area contributed by atoms with Crippen molar-refractivity contribution in [2.45, 2.75) is 0 Å². The summed E-state index contributed by atoms with van der Waals surface area (Å²) in [5.74, 6) is 0. The van der Waals surface area contributed by atoms with E-state index in [1.54, 1.807) is 7.05 Å². The summed E-state index contributed by atoms with van der Waals surface area (Å²) in [7, 11) is 3.01. The molecule has 2 rings (SSSR count). The number of hydrogen-bond acceptors (Lipinski definition) is 3. The fourth-order valence-corrected chi connectivity index (χ4v) is 1.27. The Kier molecular flexibility index (Phi) is 2.26. The van der Waals surface area contributed by atoms with E-state index in [0.29, 0.717) is 11.2 Å². The van der Waals surface area contributed by atoms with Crippen LogP contribution < -0.4 is 11.2 Å². The molecule has 0 bridgehead atoms. The number of nitrogens with one attached hydrogen (secondary N) is 1. The maximum Gasteiger partial charge on any atom is 0.332 e. The quantitative estimate of drug-likeness (QED) is 0.536. The first-order chi connectivity index (χ1) is 6.13. The monoisotopic (exact) mass is 198 g/mol. The van der Waals surface area contributed by atoms with Crippen molar-refractivity contribution < 1.29 is 5.48 Å². The predicted molar refractivity (Wildman–Crippen MR) is 50.2 cm³/mol. The molecule has 2 heterocycles. The molecule has 0 aliphatic rings. The predicted octanol–water partition coefficient (Wildman–Crippen LogP) is -1.86. The second kappa shape index (κ2) is 3.11. The van der Waals surface area contributed by atoms with Crippen LogP contribution in [0.25, 0.3) is 11.2 Å². The van der Waals surface area contributed by atoms with Gasteiger partial charge in [-0.25, -0.2) is 9.78 Å². The van der Waals surface area contributed by atoms with Gasteiger partial charge in [0, 0.05) is 14.1 Å². The molecule has 0 fully saturated rings. The van der Waals surface area contributed by atoms with Crippen molar-refractivity contribution in [3.63, 3.8) is 0 Å². The van der Waals surface area contributed by atoms with Crippen LogP contribution >= 0.6 is 0 Å². The summed E-state index contributed by atoms with van der Waals surface area (Å²) in [5, 5.41) is 0. The van der Waals surface area contributed by atoms with E-state index in [0.717, 1.165) is 4.57 Å². The SMILES string of the molecule is Cn1c(=O)c2[nH]cnc2n(C)c1=O.O. The lowest BCUT2D eigenvalue weighted by molar-refractivity contribution is 0.709. The van der Waals surface area contributed by atoms with Crippen molar-refractivity contribution in [3.8, 4) is 0 Å². The number of aromatic amines is 1. The summed E-state index contributed by atoms with van der Waals surface area (Å²) in [5.41, 5.74) is 0.0119. The Morgan fingerprint density at radius 3 is 2.57 bits per heavy atom.